The van der Waals surface area contributed by atoms with Crippen LogP contribution in [0.15, 0.2) is 40.9 Å². The third-order valence-corrected chi connectivity index (χ3v) is 4.77. The fourth-order valence-electron chi connectivity index (χ4n) is 2.52. The van der Waals surface area contributed by atoms with Crippen molar-refractivity contribution in [2.45, 2.75) is 20.3 Å². The Morgan fingerprint density at radius 1 is 1.22 bits per heavy atom. The third-order valence-electron chi connectivity index (χ3n) is 3.94. The summed E-state index contributed by atoms with van der Waals surface area (Å²) in [5, 5.41) is 6.13. The molecule has 27 heavy (non-hydrogen) atoms. The lowest BCUT2D eigenvalue weighted by Gasteiger charge is -2.15. The largest absolute Gasteiger partial charge is 0.490 e. The molecular formula is C20H23BrN2O3S. The van der Waals surface area contributed by atoms with E-state index in [2.05, 4.69) is 33.5 Å². The van der Waals surface area contributed by atoms with Crippen molar-refractivity contribution in [3.05, 3.63) is 57.6 Å². The number of rotatable bonds is 7. The van der Waals surface area contributed by atoms with Crippen molar-refractivity contribution in [1.29, 1.82) is 0 Å². The van der Waals surface area contributed by atoms with Gasteiger partial charge >= 0.3 is 0 Å². The first-order valence-corrected chi connectivity index (χ1v) is 9.78. The first-order valence-electron chi connectivity index (χ1n) is 8.58. The van der Waals surface area contributed by atoms with Crippen LogP contribution in [-0.4, -0.2) is 31.3 Å². The monoisotopic (exact) mass is 450 g/mol. The van der Waals surface area contributed by atoms with Crippen molar-refractivity contribution in [1.82, 2.24) is 5.32 Å². The average molecular weight is 451 g/mol. The minimum absolute atomic E-state index is 0.264. The van der Waals surface area contributed by atoms with Gasteiger partial charge in [-0.05, 0) is 70.8 Å². The summed E-state index contributed by atoms with van der Waals surface area (Å²) in [5.74, 6) is 0.361. The number of hydrogen-bond acceptors (Lipinski definition) is 4. The highest BCUT2D eigenvalue weighted by Crippen LogP contribution is 2.26. The number of thiocarbonyl (C=S) groups is 1. The summed E-state index contributed by atoms with van der Waals surface area (Å²) in [6.45, 7) is 5.01. The number of anilines is 1. The van der Waals surface area contributed by atoms with Gasteiger partial charge in [0, 0.05) is 18.4 Å². The highest BCUT2D eigenvalue weighted by molar-refractivity contribution is 9.10. The zero-order chi connectivity index (χ0) is 19.8. The Bertz CT molecular complexity index is 827. The highest BCUT2D eigenvalue weighted by Gasteiger charge is 2.12. The molecule has 2 aromatic carbocycles. The molecule has 0 aliphatic heterocycles. The number of hydrogen-bond donors (Lipinski definition) is 2. The molecule has 0 aliphatic rings. The lowest BCUT2D eigenvalue weighted by Crippen LogP contribution is -2.34. The number of ether oxygens (including phenoxy) is 2. The molecular weight excluding hydrogens is 428 g/mol. The van der Waals surface area contributed by atoms with E-state index >= 15 is 0 Å². The number of para-hydroxylation sites is 1. The predicted molar refractivity (Wildman–Crippen MR) is 116 cm³/mol. The molecule has 0 radical (unpaired) electrons. The van der Waals surface area contributed by atoms with Gasteiger partial charge in [0.2, 0.25) is 0 Å². The van der Waals surface area contributed by atoms with Crippen LogP contribution in [0, 0.1) is 6.92 Å². The van der Waals surface area contributed by atoms with Crippen LogP contribution >= 0.6 is 28.1 Å². The molecule has 5 nitrogen and oxygen atoms in total. The molecule has 2 rings (SSSR count). The van der Waals surface area contributed by atoms with Crippen molar-refractivity contribution in [3.8, 4) is 5.75 Å². The molecule has 0 atom stereocenters. The van der Waals surface area contributed by atoms with Crippen LogP contribution in [0.25, 0.3) is 0 Å². The Morgan fingerprint density at radius 2 is 2.00 bits per heavy atom. The summed E-state index contributed by atoms with van der Waals surface area (Å²) in [5.41, 5.74) is 3.64. The molecule has 0 fully saturated rings. The molecule has 0 unspecified atom stereocenters. The van der Waals surface area contributed by atoms with Crippen molar-refractivity contribution >= 4 is 44.9 Å². The van der Waals surface area contributed by atoms with E-state index in [0.717, 1.165) is 23.2 Å². The smallest absolute Gasteiger partial charge is 0.257 e. The zero-order valence-electron chi connectivity index (χ0n) is 15.6. The zero-order valence-corrected chi connectivity index (χ0v) is 18.0. The molecule has 144 valence electrons. The molecule has 0 aliphatic carbocycles. The molecule has 0 aromatic heterocycles. The molecule has 7 heteroatoms. The van der Waals surface area contributed by atoms with Crippen LogP contribution in [0.2, 0.25) is 0 Å². The van der Waals surface area contributed by atoms with Gasteiger partial charge in [0.05, 0.1) is 11.1 Å². The van der Waals surface area contributed by atoms with E-state index in [1.54, 1.807) is 25.3 Å². The SMILES string of the molecule is CCc1cccc(C)c1NC(=S)NC(=O)c1ccc(OCCOC)c(Br)c1. The Kier molecular flexibility index (Phi) is 8.22. The summed E-state index contributed by atoms with van der Waals surface area (Å²) < 4.78 is 11.2. The number of amides is 1. The van der Waals surface area contributed by atoms with E-state index in [-0.39, 0.29) is 11.0 Å². The van der Waals surface area contributed by atoms with Gasteiger partial charge < -0.3 is 14.8 Å². The van der Waals surface area contributed by atoms with Gasteiger partial charge in [0.15, 0.2) is 5.11 Å². The maximum atomic E-state index is 12.5. The highest BCUT2D eigenvalue weighted by atomic mass is 79.9. The van der Waals surface area contributed by atoms with Crippen molar-refractivity contribution in [2.75, 3.05) is 25.6 Å². The number of carbonyl (C=O) groups excluding carboxylic acids is 1. The molecule has 2 aromatic rings. The molecule has 1 amide bonds. The molecule has 0 bridgehead atoms. The van der Waals surface area contributed by atoms with Crippen LogP contribution in [0.3, 0.4) is 0 Å². The van der Waals surface area contributed by atoms with Crippen LogP contribution in [0.1, 0.15) is 28.4 Å². The van der Waals surface area contributed by atoms with Gasteiger partial charge in [-0.2, -0.15) is 0 Å². The quantitative estimate of drug-likeness (QED) is 0.481. The van der Waals surface area contributed by atoms with Crippen LogP contribution < -0.4 is 15.4 Å². The van der Waals surface area contributed by atoms with Gasteiger partial charge in [-0.25, -0.2) is 0 Å². The molecule has 0 heterocycles. The van der Waals surface area contributed by atoms with Gasteiger partial charge in [0.25, 0.3) is 5.91 Å². The number of benzene rings is 2. The van der Waals surface area contributed by atoms with Crippen LogP contribution in [-0.2, 0) is 11.2 Å². The van der Waals surface area contributed by atoms with E-state index in [4.69, 9.17) is 21.7 Å². The lowest BCUT2D eigenvalue weighted by molar-refractivity contribution is 0.0977. The van der Waals surface area contributed by atoms with Gasteiger partial charge in [0.1, 0.15) is 12.4 Å². The number of nitrogens with one attached hydrogen (secondary N) is 2. The van der Waals surface area contributed by atoms with E-state index in [9.17, 15) is 4.79 Å². The minimum atomic E-state index is -0.289. The summed E-state index contributed by atoms with van der Waals surface area (Å²) in [6, 6.07) is 11.2. The normalized spacial score (nSPS) is 10.4. The first-order chi connectivity index (χ1) is 13.0. The lowest BCUT2D eigenvalue weighted by atomic mass is 10.1. The number of halogens is 1. The first kappa shape index (κ1) is 21.3. The second-order valence-corrected chi connectivity index (χ2v) is 7.12. The Morgan fingerprint density at radius 3 is 2.67 bits per heavy atom. The molecule has 2 N–H and O–H groups in total. The Labute approximate surface area is 173 Å². The van der Waals surface area contributed by atoms with Crippen molar-refractivity contribution in [2.24, 2.45) is 0 Å². The third kappa shape index (κ3) is 6.02. The maximum absolute atomic E-state index is 12.5. The van der Waals surface area contributed by atoms with Crippen molar-refractivity contribution < 1.29 is 14.3 Å². The summed E-state index contributed by atoms with van der Waals surface area (Å²) in [4.78, 5) is 12.5. The van der Waals surface area contributed by atoms with E-state index < -0.39 is 0 Å². The number of carbonyl (C=O) groups is 1. The summed E-state index contributed by atoms with van der Waals surface area (Å²) in [6.07, 6.45) is 0.873. The molecule has 0 saturated heterocycles. The number of aryl methyl sites for hydroxylation is 2. The topological polar surface area (TPSA) is 59.6 Å². The van der Waals surface area contributed by atoms with Crippen molar-refractivity contribution in [3.63, 3.8) is 0 Å². The van der Waals surface area contributed by atoms with E-state index in [1.807, 2.05) is 25.1 Å². The minimum Gasteiger partial charge on any atom is -0.490 e. The Hall–Kier alpha value is -1.96. The van der Waals surface area contributed by atoms with Crippen LogP contribution in [0.5, 0.6) is 5.75 Å². The van der Waals surface area contributed by atoms with Gasteiger partial charge in [-0.15, -0.1) is 0 Å². The fraction of sp³-hybridized carbons (Fsp3) is 0.300. The van der Waals surface area contributed by atoms with E-state index in [1.165, 1.54) is 0 Å². The predicted octanol–water partition coefficient (Wildman–Crippen LogP) is 4.47. The standard InChI is InChI=1S/C20H23BrN2O3S/c1-4-14-7-5-6-13(2)18(14)22-20(27)23-19(24)15-8-9-17(16(21)12-15)26-11-10-25-3/h5-9,12H,4,10-11H2,1-3H3,(H2,22,23,24,27). The number of methoxy groups -OCH3 is 1. The second-order valence-electron chi connectivity index (χ2n) is 5.86. The van der Waals surface area contributed by atoms with Crippen LogP contribution in [0.4, 0.5) is 5.69 Å². The fourth-order valence-corrected chi connectivity index (χ4v) is 3.20. The molecule has 0 saturated carbocycles. The average Bonchev–Trinajstić information content (AvgIpc) is 2.64. The maximum Gasteiger partial charge on any atom is 0.257 e. The summed E-state index contributed by atoms with van der Waals surface area (Å²) in [7, 11) is 1.61. The molecule has 0 spiro atoms. The second kappa shape index (κ2) is 10.4. The van der Waals surface area contributed by atoms with Gasteiger partial charge in [-0.3, -0.25) is 10.1 Å². The summed E-state index contributed by atoms with van der Waals surface area (Å²) >= 11 is 8.74. The van der Waals surface area contributed by atoms with Gasteiger partial charge in [-0.1, -0.05) is 25.1 Å². The van der Waals surface area contributed by atoms with E-state index in [0.29, 0.717) is 29.0 Å². The Balaban J connectivity index is 2.02.